The molecule has 1 rings (SSSR count). The molecule has 0 radical (unpaired) electrons. The van der Waals surface area contributed by atoms with Crippen molar-refractivity contribution in [2.24, 2.45) is 0 Å². The Kier molecular flexibility index (Phi) is 5.41. The Labute approximate surface area is 109 Å². The maximum Gasteiger partial charge on any atom is 0.407 e. The Morgan fingerprint density at radius 2 is 2.22 bits per heavy atom. The Bertz CT molecular complexity index is 276. The fourth-order valence-electron chi connectivity index (χ4n) is 2.02. The van der Waals surface area contributed by atoms with E-state index in [-0.39, 0.29) is 18.2 Å². The number of carbonyl (C=O) groups is 1. The van der Waals surface area contributed by atoms with Crippen molar-refractivity contribution in [1.29, 1.82) is 0 Å². The standard InChI is InChI=1S/C13H26N2O3/c1-5-11(16)9-15-7-6-10(8-15)14-12(17)18-13(2,3)4/h10-11,16H,5-9H2,1-4H3,(H,14,17). The van der Waals surface area contributed by atoms with Crippen LogP contribution in [0, 0.1) is 0 Å². The Morgan fingerprint density at radius 1 is 1.56 bits per heavy atom. The van der Waals surface area contributed by atoms with Gasteiger partial charge in [0.25, 0.3) is 0 Å². The first-order valence-electron chi connectivity index (χ1n) is 6.70. The summed E-state index contributed by atoms with van der Waals surface area (Å²) in [5.74, 6) is 0. The molecular weight excluding hydrogens is 232 g/mol. The van der Waals surface area contributed by atoms with Crippen molar-refractivity contribution < 1.29 is 14.6 Å². The monoisotopic (exact) mass is 258 g/mol. The molecule has 0 bridgehead atoms. The molecule has 18 heavy (non-hydrogen) atoms. The van der Waals surface area contributed by atoms with E-state index in [1.807, 2.05) is 27.7 Å². The van der Waals surface area contributed by atoms with E-state index in [0.29, 0.717) is 6.54 Å². The molecule has 1 aliphatic rings. The molecule has 1 fully saturated rings. The van der Waals surface area contributed by atoms with Gasteiger partial charge in [-0.15, -0.1) is 0 Å². The second kappa shape index (κ2) is 6.38. The molecule has 1 saturated heterocycles. The van der Waals surface area contributed by atoms with E-state index in [4.69, 9.17) is 4.74 Å². The quantitative estimate of drug-likeness (QED) is 0.799. The van der Waals surface area contributed by atoms with E-state index in [0.717, 1.165) is 25.9 Å². The zero-order chi connectivity index (χ0) is 13.8. The van der Waals surface area contributed by atoms with Crippen LogP contribution >= 0.6 is 0 Å². The number of likely N-dealkylation sites (tertiary alicyclic amines) is 1. The van der Waals surface area contributed by atoms with E-state index in [1.54, 1.807) is 0 Å². The first-order chi connectivity index (χ1) is 8.30. The van der Waals surface area contributed by atoms with E-state index >= 15 is 0 Å². The predicted molar refractivity (Wildman–Crippen MR) is 70.5 cm³/mol. The minimum atomic E-state index is -0.458. The van der Waals surface area contributed by atoms with Gasteiger partial charge in [-0.25, -0.2) is 4.79 Å². The number of carbonyl (C=O) groups excluding carboxylic acids is 1. The highest BCUT2D eigenvalue weighted by Crippen LogP contribution is 2.12. The van der Waals surface area contributed by atoms with Gasteiger partial charge in [0.15, 0.2) is 0 Å². The smallest absolute Gasteiger partial charge is 0.407 e. The number of rotatable bonds is 4. The molecule has 2 atom stereocenters. The summed E-state index contributed by atoms with van der Waals surface area (Å²) in [5.41, 5.74) is -0.458. The average molecular weight is 258 g/mol. The van der Waals surface area contributed by atoms with Gasteiger partial charge in [-0.3, -0.25) is 4.90 Å². The molecule has 5 heteroatoms. The molecule has 106 valence electrons. The second-order valence-corrected chi connectivity index (χ2v) is 5.95. The number of nitrogens with one attached hydrogen (secondary N) is 1. The van der Waals surface area contributed by atoms with Gasteiger partial charge in [-0.1, -0.05) is 6.92 Å². The summed E-state index contributed by atoms with van der Waals surface area (Å²) in [6.45, 7) is 9.91. The van der Waals surface area contributed by atoms with Crippen molar-refractivity contribution in [1.82, 2.24) is 10.2 Å². The molecule has 0 aromatic carbocycles. The van der Waals surface area contributed by atoms with Crippen LogP contribution in [-0.4, -0.2) is 53.5 Å². The maximum absolute atomic E-state index is 11.6. The third kappa shape index (κ3) is 5.69. The first kappa shape index (κ1) is 15.2. The lowest BCUT2D eigenvalue weighted by molar-refractivity contribution is 0.0504. The van der Waals surface area contributed by atoms with Crippen LogP contribution in [0.4, 0.5) is 4.79 Å². The SMILES string of the molecule is CCC(O)CN1CCC(NC(=O)OC(C)(C)C)C1. The molecule has 1 amide bonds. The lowest BCUT2D eigenvalue weighted by atomic mass is 10.2. The van der Waals surface area contributed by atoms with Gasteiger partial charge < -0.3 is 15.2 Å². The fraction of sp³-hybridized carbons (Fsp3) is 0.923. The Balaban J connectivity index is 2.28. The predicted octanol–water partition coefficient (Wildman–Crippen LogP) is 1.36. The van der Waals surface area contributed by atoms with Gasteiger partial charge in [0.1, 0.15) is 5.60 Å². The van der Waals surface area contributed by atoms with E-state index < -0.39 is 5.60 Å². The van der Waals surface area contributed by atoms with Crippen LogP contribution in [0.3, 0.4) is 0 Å². The van der Waals surface area contributed by atoms with Crippen molar-refractivity contribution in [2.75, 3.05) is 19.6 Å². The zero-order valence-corrected chi connectivity index (χ0v) is 11.9. The third-order valence-electron chi connectivity index (χ3n) is 2.93. The van der Waals surface area contributed by atoms with Crippen LogP contribution in [0.2, 0.25) is 0 Å². The van der Waals surface area contributed by atoms with Crippen LogP contribution in [0.1, 0.15) is 40.5 Å². The topological polar surface area (TPSA) is 61.8 Å². The van der Waals surface area contributed by atoms with Crippen molar-refractivity contribution in [3.8, 4) is 0 Å². The van der Waals surface area contributed by atoms with Crippen molar-refractivity contribution in [3.63, 3.8) is 0 Å². The molecule has 0 aromatic rings. The van der Waals surface area contributed by atoms with Crippen LogP contribution in [-0.2, 0) is 4.74 Å². The van der Waals surface area contributed by atoms with E-state index in [2.05, 4.69) is 10.2 Å². The van der Waals surface area contributed by atoms with E-state index in [1.165, 1.54) is 0 Å². The number of hydrogen-bond acceptors (Lipinski definition) is 4. The minimum absolute atomic E-state index is 0.129. The molecular formula is C13H26N2O3. The summed E-state index contributed by atoms with van der Waals surface area (Å²) < 4.78 is 5.22. The van der Waals surface area contributed by atoms with Crippen LogP contribution < -0.4 is 5.32 Å². The second-order valence-electron chi connectivity index (χ2n) is 5.95. The highest BCUT2D eigenvalue weighted by atomic mass is 16.6. The van der Waals surface area contributed by atoms with Crippen molar-refractivity contribution >= 4 is 6.09 Å². The Hall–Kier alpha value is -0.810. The first-order valence-corrected chi connectivity index (χ1v) is 6.70. The third-order valence-corrected chi connectivity index (χ3v) is 2.93. The molecule has 2 unspecified atom stereocenters. The maximum atomic E-state index is 11.6. The summed E-state index contributed by atoms with van der Waals surface area (Å²) in [6.07, 6.45) is 1.05. The van der Waals surface area contributed by atoms with E-state index in [9.17, 15) is 9.90 Å². The molecule has 0 aliphatic carbocycles. The van der Waals surface area contributed by atoms with Gasteiger partial charge in [-0.2, -0.15) is 0 Å². The molecule has 0 saturated carbocycles. The fourth-order valence-corrected chi connectivity index (χ4v) is 2.02. The number of hydrogen-bond donors (Lipinski definition) is 2. The lowest BCUT2D eigenvalue weighted by Crippen LogP contribution is -2.41. The summed E-state index contributed by atoms with van der Waals surface area (Å²) in [5, 5.41) is 12.5. The van der Waals surface area contributed by atoms with Crippen LogP contribution in [0.25, 0.3) is 0 Å². The number of alkyl carbamates (subject to hydrolysis) is 1. The molecule has 1 heterocycles. The summed E-state index contributed by atoms with van der Waals surface area (Å²) in [6, 6.07) is 0.129. The average Bonchev–Trinajstić information content (AvgIpc) is 2.62. The van der Waals surface area contributed by atoms with Crippen LogP contribution in [0.5, 0.6) is 0 Å². The van der Waals surface area contributed by atoms with Crippen molar-refractivity contribution in [3.05, 3.63) is 0 Å². The van der Waals surface area contributed by atoms with Gasteiger partial charge in [-0.05, 0) is 33.6 Å². The van der Waals surface area contributed by atoms with Crippen LogP contribution in [0.15, 0.2) is 0 Å². The molecule has 1 aliphatic heterocycles. The zero-order valence-electron chi connectivity index (χ0n) is 11.9. The van der Waals surface area contributed by atoms with Gasteiger partial charge in [0, 0.05) is 25.7 Å². The molecule has 0 spiro atoms. The molecule has 0 aromatic heterocycles. The number of amides is 1. The Morgan fingerprint density at radius 3 is 2.78 bits per heavy atom. The van der Waals surface area contributed by atoms with Crippen molar-refractivity contribution in [2.45, 2.75) is 58.3 Å². The highest BCUT2D eigenvalue weighted by molar-refractivity contribution is 5.68. The minimum Gasteiger partial charge on any atom is -0.444 e. The van der Waals surface area contributed by atoms with Gasteiger partial charge in [0.2, 0.25) is 0 Å². The molecule has 2 N–H and O–H groups in total. The molecule has 5 nitrogen and oxygen atoms in total. The van der Waals surface area contributed by atoms with Gasteiger partial charge >= 0.3 is 6.09 Å². The summed E-state index contributed by atoms with van der Waals surface area (Å²) in [4.78, 5) is 13.8. The number of nitrogens with zero attached hydrogens (tertiary/aromatic N) is 1. The normalized spacial score (nSPS) is 22.8. The summed E-state index contributed by atoms with van der Waals surface area (Å²) >= 11 is 0. The largest absolute Gasteiger partial charge is 0.444 e. The highest BCUT2D eigenvalue weighted by Gasteiger charge is 2.26. The lowest BCUT2D eigenvalue weighted by Gasteiger charge is -2.22. The summed E-state index contributed by atoms with van der Waals surface area (Å²) in [7, 11) is 0. The number of aliphatic hydroxyl groups excluding tert-OH is 1. The number of aliphatic hydroxyl groups is 1. The number of ether oxygens (including phenoxy) is 1. The number of β-amino-alcohol motifs (C(OH)–C–C–N with tert-alkyl or cyclic N) is 1. The van der Waals surface area contributed by atoms with Gasteiger partial charge in [0.05, 0.1) is 6.10 Å².